The van der Waals surface area contributed by atoms with Gasteiger partial charge < -0.3 is 10.2 Å². The molecule has 1 aliphatic heterocycles. The van der Waals surface area contributed by atoms with Crippen LogP contribution in [0.1, 0.15) is 11.4 Å². The Hall–Kier alpha value is -0.620. The number of likely N-dealkylation sites (N-methyl/N-ethyl adjacent to an activating group) is 2. The van der Waals surface area contributed by atoms with Crippen LogP contribution in [0.25, 0.3) is 0 Å². The molecule has 19 heavy (non-hydrogen) atoms. The highest BCUT2D eigenvalue weighted by Crippen LogP contribution is 2.19. The molecule has 6 heteroatoms. The second kappa shape index (κ2) is 6.22. The van der Waals surface area contributed by atoms with Crippen LogP contribution in [-0.2, 0) is 13.6 Å². The van der Waals surface area contributed by atoms with E-state index in [4.69, 9.17) is 11.6 Å². The molecule has 0 aromatic carbocycles. The quantitative estimate of drug-likeness (QED) is 0.884. The van der Waals surface area contributed by atoms with Crippen LogP contribution in [0.4, 0.5) is 0 Å². The maximum Gasteiger partial charge on any atom is 0.0860 e. The maximum atomic E-state index is 6.25. The van der Waals surface area contributed by atoms with Gasteiger partial charge in [-0.3, -0.25) is 9.58 Å². The summed E-state index contributed by atoms with van der Waals surface area (Å²) in [7, 11) is 6.32. The van der Waals surface area contributed by atoms with Crippen LogP contribution in [0.2, 0.25) is 5.02 Å². The lowest BCUT2D eigenvalue weighted by Gasteiger charge is -2.37. The minimum atomic E-state index is 0.562. The lowest BCUT2D eigenvalue weighted by atomic mass is 10.2. The molecule has 1 saturated heterocycles. The molecule has 1 unspecified atom stereocenters. The molecule has 108 valence electrons. The van der Waals surface area contributed by atoms with Crippen LogP contribution in [0, 0.1) is 6.92 Å². The Labute approximate surface area is 120 Å². The van der Waals surface area contributed by atoms with Crippen LogP contribution < -0.4 is 5.32 Å². The van der Waals surface area contributed by atoms with Crippen molar-refractivity contribution in [3.05, 3.63) is 16.4 Å². The zero-order valence-corrected chi connectivity index (χ0v) is 13.0. The number of nitrogens with zero attached hydrogens (tertiary/aromatic N) is 4. The number of hydrogen-bond donors (Lipinski definition) is 1. The third kappa shape index (κ3) is 3.48. The molecule has 0 bridgehead atoms. The summed E-state index contributed by atoms with van der Waals surface area (Å²) in [5, 5.41) is 8.61. The van der Waals surface area contributed by atoms with Gasteiger partial charge in [-0.2, -0.15) is 5.10 Å². The van der Waals surface area contributed by atoms with E-state index < -0.39 is 0 Å². The molecule has 2 rings (SSSR count). The number of hydrogen-bond acceptors (Lipinski definition) is 4. The molecule has 1 aliphatic rings. The first-order valence-corrected chi connectivity index (χ1v) is 7.14. The van der Waals surface area contributed by atoms with Gasteiger partial charge in [-0.1, -0.05) is 11.6 Å². The molecule has 1 fully saturated rings. The van der Waals surface area contributed by atoms with Crippen molar-refractivity contribution in [1.82, 2.24) is 24.9 Å². The number of piperazine rings is 1. The SMILES string of the molecule is Cc1nn(C)c(CNCC2CN(C)CCN2C)c1Cl. The van der Waals surface area contributed by atoms with Gasteiger partial charge in [0.1, 0.15) is 0 Å². The molecule has 0 radical (unpaired) electrons. The summed E-state index contributed by atoms with van der Waals surface area (Å²) in [4.78, 5) is 4.80. The molecule has 1 N–H and O–H groups in total. The number of rotatable bonds is 4. The van der Waals surface area contributed by atoms with Crippen molar-refractivity contribution in [2.75, 3.05) is 40.3 Å². The summed E-state index contributed by atoms with van der Waals surface area (Å²) in [6.07, 6.45) is 0. The third-order valence-electron chi connectivity index (χ3n) is 3.91. The Kier molecular flexibility index (Phi) is 4.84. The number of aromatic nitrogens is 2. The van der Waals surface area contributed by atoms with Crippen molar-refractivity contribution in [2.24, 2.45) is 7.05 Å². The zero-order chi connectivity index (χ0) is 14.0. The van der Waals surface area contributed by atoms with E-state index >= 15 is 0 Å². The van der Waals surface area contributed by atoms with Crippen LogP contribution in [0.5, 0.6) is 0 Å². The van der Waals surface area contributed by atoms with E-state index in [0.29, 0.717) is 6.04 Å². The average molecular weight is 286 g/mol. The van der Waals surface area contributed by atoms with Crippen molar-refractivity contribution in [3.8, 4) is 0 Å². The van der Waals surface area contributed by atoms with Crippen LogP contribution in [0.15, 0.2) is 0 Å². The number of nitrogens with one attached hydrogen (secondary N) is 1. The van der Waals surface area contributed by atoms with E-state index in [-0.39, 0.29) is 0 Å². The fourth-order valence-electron chi connectivity index (χ4n) is 2.55. The zero-order valence-electron chi connectivity index (χ0n) is 12.3. The van der Waals surface area contributed by atoms with Gasteiger partial charge in [-0.05, 0) is 21.0 Å². The van der Waals surface area contributed by atoms with Gasteiger partial charge in [0.15, 0.2) is 0 Å². The van der Waals surface area contributed by atoms with Gasteiger partial charge in [0.05, 0.1) is 16.4 Å². The summed E-state index contributed by atoms with van der Waals surface area (Å²) in [6.45, 7) is 7.08. The van der Waals surface area contributed by atoms with Gasteiger partial charge in [0, 0.05) is 45.8 Å². The highest BCUT2D eigenvalue weighted by molar-refractivity contribution is 6.31. The smallest absolute Gasteiger partial charge is 0.0860 e. The predicted molar refractivity (Wildman–Crippen MR) is 78.6 cm³/mol. The van der Waals surface area contributed by atoms with E-state index in [1.165, 1.54) is 0 Å². The normalized spacial score (nSPS) is 22.1. The Morgan fingerprint density at radius 2 is 2.05 bits per heavy atom. The maximum absolute atomic E-state index is 6.25. The molecular formula is C13H24ClN5. The first kappa shape index (κ1) is 14.8. The standard InChI is InChI=1S/C13H24ClN5/c1-10-13(14)12(19(4)16-10)8-15-7-11-9-17(2)5-6-18(11)3/h11,15H,5-9H2,1-4H3. The van der Waals surface area contributed by atoms with Crippen LogP contribution >= 0.6 is 11.6 Å². The molecule has 0 amide bonds. The molecule has 0 aliphatic carbocycles. The molecule has 2 heterocycles. The van der Waals surface area contributed by atoms with Gasteiger partial charge in [-0.15, -0.1) is 0 Å². The Morgan fingerprint density at radius 3 is 2.68 bits per heavy atom. The van der Waals surface area contributed by atoms with E-state index in [9.17, 15) is 0 Å². The topological polar surface area (TPSA) is 36.3 Å². The molecule has 5 nitrogen and oxygen atoms in total. The van der Waals surface area contributed by atoms with Gasteiger partial charge in [0.25, 0.3) is 0 Å². The van der Waals surface area contributed by atoms with E-state index in [2.05, 4.69) is 34.3 Å². The average Bonchev–Trinajstić information content (AvgIpc) is 2.60. The molecule has 0 saturated carbocycles. The molecule has 1 atom stereocenters. The first-order valence-electron chi connectivity index (χ1n) is 6.76. The Balaban J connectivity index is 1.86. The highest BCUT2D eigenvalue weighted by Gasteiger charge is 2.21. The van der Waals surface area contributed by atoms with Gasteiger partial charge in [0.2, 0.25) is 0 Å². The Bertz CT molecular complexity index is 431. The van der Waals surface area contributed by atoms with Crippen LogP contribution in [-0.4, -0.2) is 65.9 Å². The second-order valence-electron chi connectivity index (χ2n) is 5.50. The van der Waals surface area contributed by atoms with E-state index in [1.807, 2.05) is 18.7 Å². The van der Waals surface area contributed by atoms with Crippen molar-refractivity contribution < 1.29 is 0 Å². The molecule has 1 aromatic heterocycles. The fraction of sp³-hybridized carbons (Fsp3) is 0.769. The predicted octanol–water partition coefficient (Wildman–Crippen LogP) is 0.717. The lowest BCUT2D eigenvalue weighted by molar-refractivity contribution is 0.113. The van der Waals surface area contributed by atoms with Gasteiger partial charge >= 0.3 is 0 Å². The monoisotopic (exact) mass is 285 g/mol. The summed E-state index contributed by atoms with van der Waals surface area (Å²) in [6, 6.07) is 0.562. The lowest BCUT2D eigenvalue weighted by Crippen LogP contribution is -2.53. The summed E-state index contributed by atoms with van der Waals surface area (Å²) < 4.78 is 1.86. The van der Waals surface area contributed by atoms with Crippen molar-refractivity contribution in [2.45, 2.75) is 19.5 Å². The summed E-state index contributed by atoms with van der Waals surface area (Å²) >= 11 is 6.25. The highest BCUT2D eigenvalue weighted by atomic mass is 35.5. The molecule has 0 spiro atoms. The van der Waals surface area contributed by atoms with Gasteiger partial charge in [-0.25, -0.2) is 0 Å². The number of halogens is 1. The second-order valence-corrected chi connectivity index (χ2v) is 5.88. The van der Waals surface area contributed by atoms with E-state index in [1.54, 1.807) is 0 Å². The largest absolute Gasteiger partial charge is 0.310 e. The Morgan fingerprint density at radius 1 is 1.32 bits per heavy atom. The summed E-state index contributed by atoms with van der Waals surface area (Å²) in [5.41, 5.74) is 1.96. The minimum Gasteiger partial charge on any atom is -0.310 e. The van der Waals surface area contributed by atoms with E-state index in [0.717, 1.165) is 49.1 Å². The number of aryl methyl sites for hydroxylation is 2. The molecular weight excluding hydrogens is 262 g/mol. The minimum absolute atomic E-state index is 0.562. The van der Waals surface area contributed by atoms with Crippen molar-refractivity contribution in [1.29, 1.82) is 0 Å². The van der Waals surface area contributed by atoms with Crippen molar-refractivity contribution in [3.63, 3.8) is 0 Å². The molecule has 1 aromatic rings. The van der Waals surface area contributed by atoms with Crippen molar-refractivity contribution >= 4 is 11.6 Å². The fourth-order valence-corrected chi connectivity index (χ4v) is 2.78. The third-order valence-corrected chi connectivity index (χ3v) is 4.41. The van der Waals surface area contributed by atoms with Crippen LogP contribution in [0.3, 0.4) is 0 Å². The first-order chi connectivity index (χ1) is 8.99. The summed E-state index contributed by atoms with van der Waals surface area (Å²) in [5.74, 6) is 0.